The number of amides is 2. The summed E-state index contributed by atoms with van der Waals surface area (Å²) < 4.78 is 0. The molecule has 6 nitrogen and oxygen atoms in total. The maximum Gasteiger partial charge on any atom is 0.255 e. The minimum atomic E-state index is -0.111. The van der Waals surface area contributed by atoms with Crippen molar-refractivity contribution in [3.63, 3.8) is 0 Å². The molecule has 0 radical (unpaired) electrons. The Balaban J connectivity index is 1.47. The van der Waals surface area contributed by atoms with E-state index in [0.717, 1.165) is 38.8 Å². The van der Waals surface area contributed by atoms with Gasteiger partial charge in [-0.25, -0.2) is 4.98 Å². The number of pyridine rings is 2. The first kappa shape index (κ1) is 18.0. The largest absolute Gasteiger partial charge is 0.339 e. The Morgan fingerprint density at radius 2 is 2.04 bits per heavy atom. The summed E-state index contributed by atoms with van der Waals surface area (Å²) in [7, 11) is 0. The quantitative estimate of drug-likeness (QED) is 0.898. The molecule has 26 heavy (non-hydrogen) atoms. The molecule has 0 aliphatic carbocycles. The molecule has 0 unspecified atom stereocenters. The van der Waals surface area contributed by atoms with Gasteiger partial charge in [0.1, 0.15) is 5.82 Å². The van der Waals surface area contributed by atoms with Crippen LogP contribution in [-0.4, -0.2) is 39.8 Å². The lowest BCUT2D eigenvalue weighted by molar-refractivity contribution is -0.114. The third-order valence-corrected chi connectivity index (χ3v) is 4.78. The van der Waals surface area contributed by atoms with Crippen molar-refractivity contribution in [2.75, 3.05) is 18.4 Å². The number of aromatic nitrogens is 2. The summed E-state index contributed by atoms with van der Waals surface area (Å²) in [5.41, 5.74) is 1.84. The molecule has 2 aromatic rings. The van der Waals surface area contributed by atoms with Crippen molar-refractivity contribution in [3.05, 3.63) is 54.0 Å². The van der Waals surface area contributed by atoms with E-state index in [9.17, 15) is 9.59 Å². The van der Waals surface area contributed by atoms with Crippen LogP contribution in [0.1, 0.15) is 42.1 Å². The average Bonchev–Trinajstić information content (AvgIpc) is 2.67. The van der Waals surface area contributed by atoms with Crippen LogP contribution >= 0.6 is 0 Å². The van der Waals surface area contributed by atoms with E-state index in [4.69, 9.17) is 0 Å². The summed E-state index contributed by atoms with van der Waals surface area (Å²) >= 11 is 0. The van der Waals surface area contributed by atoms with Gasteiger partial charge in [0, 0.05) is 38.6 Å². The number of nitrogens with zero attached hydrogens (tertiary/aromatic N) is 3. The minimum absolute atomic E-state index is 0.0747. The predicted octanol–water partition coefficient (Wildman–Crippen LogP) is 2.92. The monoisotopic (exact) mass is 352 g/mol. The van der Waals surface area contributed by atoms with E-state index < -0.39 is 0 Å². The molecule has 1 N–H and O–H groups in total. The summed E-state index contributed by atoms with van der Waals surface area (Å²) in [6.45, 7) is 3.08. The molecule has 0 saturated carbocycles. The van der Waals surface area contributed by atoms with Gasteiger partial charge < -0.3 is 10.2 Å². The van der Waals surface area contributed by atoms with Gasteiger partial charge in [0.05, 0.1) is 5.56 Å². The molecule has 2 aromatic heterocycles. The number of hydrogen-bond donors (Lipinski definition) is 1. The molecular formula is C20H24N4O2. The molecule has 1 aliphatic heterocycles. The van der Waals surface area contributed by atoms with Crippen molar-refractivity contribution in [1.82, 2.24) is 14.9 Å². The standard InChI is InChI=1S/C20H24N4O2/c1-15(25)23-19-13-17(6-10-22-19)5-4-16-7-11-24(12-8-16)20(26)18-3-2-9-21-14-18/h2-3,6,9-10,13-14,16H,4-5,7-8,11-12H2,1H3,(H,22,23,25). The lowest BCUT2D eigenvalue weighted by atomic mass is 9.90. The predicted molar refractivity (Wildman–Crippen MR) is 99.7 cm³/mol. The van der Waals surface area contributed by atoms with E-state index in [-0.39, 0.29) is 11.8 Å². The van der Waals surface area contributed by atoms with E-state index >= 15 is 0 Å². The van der Waals surface area contributed by atoms with Crippen LogP contribution in [0, 0.1) is 5.92 Å². The molecule has 1 saturated heterocycles. The highest BCUT2D eigenvalue weighted by Crippen LogP contribution is 2.24. The van der Waals surface area contributed by atoms with Gasteiger partial charge in [-0.1, -0.05) is 0 Å². The molecular weight excluding hydrogens is 328 g/mol. The second kappa shape index (κ2) is 8.56. The van der Waals surface area contributed by atoms with Gasteiger partial charge in [-0.3, -0.25) is 14.6 Å². The fraction of sp³-hybridized carbons (Fsp3) is 0.400. The second-order valence-electron chi connectivity index (χ2n) is 6.75. The number of likely N-dealkylation sites (tertiary alicyclic amines) is 1. The van der Waals surface area contributed by atoms with Crippen LogP contribution in [0.15, 0.2) is 42.9 Å². The summed E-state index contributed by atoms with van der Waals surface area (Å²) in [5.74, 6) is 1.18. The fourth-order valence-electron chi connectivity index (χ4n) is 3.35. The minimum Gasteiger partial charge on any atom is -0.339 e. The number of carbonyl (C=O) groups is 2. The molecule has 1 aliphatic rings. The first-order chi connectivity index (χ1) is 12.6. The maximum atomic E-state index is 12.5. The van der Waals surface area contributed by atoms with Crippen LogP contribution in [0.25, 0.3) is 0 Å². The second-order valence-corrected chi connectivity index (χ2v) is 6.75. The topological polar surface area (TPSA) is 75.2 Å². The van der Waals surface area contributed by atoms with Crippen LogP contribution in [0.3, 0.4) is 0 Å². The SMILES string of the molecule is CC(=O)Nc1cc(CCC2CCN(C(=O)c3cccnc3)CC2)ccn1. The van der Waals surface area contributed by atoms with Gasteiger partial charge in [-0.05, 0) is 61.4 Å². The van der Waals surface area contributed by atoms with Crippen molar-refractivity contribution in [3.8, 4) is 0 Å². The van der Waals surface area contributed by atoms with E-state index in [1.807, 2.05) is 23.1 Å². The van der Waals surface area contributed by atoms with E-state index in [2.05, 4.69) is 15.3 Å². The van der Waals surface area contributed by atoms with Gasteiger partial charge >= 0.3 is 0 Å². The third-order valence-electron chi connectivity index (χ3n) is 4.78. The molecule has 3 heterocycles. The van der Waals surface area contributed by atoms with Crippen molar-refractivity contribution in [1.29, 1.82) is 0 Å². The molecule has 0 spiro atoms. The summed E-state index contributed by atoms with van der Waals surface area (Å²) in [6, 6.07) is 7.54. The van der Waals surface area contributed by atoms with Crippen LogP contribution in [-0.2, 0) is 11.2 Å². The number of hydrogen-bond acceptors (Lipinski definition) is 4. The number of rotatable bonds is 5. The molecule has 2 amide bonds. The zero-order valence-electron chi connectivity index (χ0n) is 15.0. The Bertz CT molecular complexity index is 755. The van der Waals surface area contributed by atoms with Gasteiger partial charge in [0.2, 0.25) is 5.91 Å². The molecule has 136 valence electrons. The Labute approximate surface area is 153 Å². The number of piperidine rings is 1. The van der Waals surface area contributed by atoms with Gasteiger partial charge in [-0.15, -0.1) is 0 Å². The van der Waals surface area contributed by atoms with Crippen LogP contribution < -0.4 is 5.32 Å². The average molecular weight is 352 g/mol. The molecule has 3 rings (SSSR count). The zero-order chi connectivity index (χ0) is 18.4. The Hall–Kier alpha value is -2.76. The summed E-state index contributed by atoms with van der Waals surface area (Å²) in [5, 5.41) is 2.72. The molecule has 6 heteroatoms. The van der Waals surface area contributed by atoms with E-state index in [0.29, 0.717) is 17.3 Å². The normalized spacial score (nSPS) is 14.9. The Morgan fingerprint density at radius 3 is 2.73 bits per heavy atom. The highest BCUT2D eigenvalue weighted by Gasteiger charge is 2.23. The first-order valence-electron chi connectivity index (χ1n) is 9.03. The van der Waals surface area contributed by atoms with E-state index in [1.165, 1.54) is 12.5 Å². The lowest BCUT2D eigenvalue weighted by Crippen LogP contribution is -2.38. The fourth-order valence-corrected chi connectivity index (χ4v) is 3.35. The van der Waals surface area contributed by atoms with Gasteiger partial charge in [-0.2, -0.15) is 0 Å². The number of anilines is 1. The van der Waals surface area contributed by atoms with Gasteiger partial charge in [0.25, 0.3) is 5.91 Å². The Kier molecular flexibility index (Phi) is 5.94. The Morgan fingerprint density at radius 1 is 1.23 bits per heavy atom. The zero-order valence-corrected chi connectivity index (χ0v) is 15.0. The van der Waals surface area contributed by atoms with E-state index in [1.54, 1.807) is 24.7 Å². The lowest BCUT2D eigenvalue weighted by Gasteiger charge is -2.32. The highest BCUT2D eigenvalue weighted by atomic mass is 16.2. The van der Waals surface area contributed by atoms with Crippen molar-refractivity contribution in [2.45, 2.75) is 32.6 Å². The molecule has 0 aromatic carbocycles. The van der Waals surface area contributed by atoms with Crippen molar-refractivity contribution >= 4 is 17.6 Å². The maximum absolute atomic E-state index is 12.5. The molecule has 0 bridgehead atoms. The molecule has 1 fully saturated rings. The number of aryl methyl sites for hydroxylation is 1. The van der Waals surface area contributed by atoms with Gasteiger partial charge in [0.15, 0.2) is 0 Å². The van der Waals surface area contributed by atoms with Crippen LogP contribution in [0.5, 0.6) is 0 Å². The van der Waals surface area contributed by atoms with Crippen LogP contribution in [0.2, 0.25) is 0 Å². The summed E-state index contributed by atoms with van der Waals surface area (Å²) in [6.07, 6.45) is 9.12. The first-order valence-corrected chi connectivity index (χ1v) is 9.03. The van der Waals surface area contributed by atoms with Crippen LogP contribution in [0.4, 0.5) is 5.82 Å². The molecule has 0 atom stereocenters. The third kappa shape index (κ3) is 4.88. The number of carbonyl (C=O) groups excluding carboxylic acids is 2. The number of nitrogens with one attached hydrogen (secondary N) is 1. The van der Waals surface area contributed by atoms with Crippen molar-refractivity contribution < 1.29 is 9.59 Å². The highest BCUT2D eigenvalue weighted by molar-refractivity contribution is 5.93. The van der Waals surface area contributed by atoms with Crippen molar-refractivity contribution in [2.24, 2.45) is 5.92 Å². The summed E-state index contributed by atoms with van der Waals surface area (Å²) in [4.78, 5) is 33.7. The smallest absolute Gasteiger partial charge is 0.255 e.